The zero-order valence-corrected chi connectivity index (χ0v) is 11.5. The second kappa shape index (κ2) is 6.06. The molecular weight excluding hydrogens is 242 g/mol. The molecule has 0 saturated carbocycles. The molecule has 2 unspecified atom stereocenters. The predicted octanol–water partition coefficient (Wildman–Crippen LogP) is 2.53. The summed E-state index contributed by atoms with van der Waals surface area (Å²) in [6, 6.07) is 6.32. The van der Waals surface area contributed by atoms with Crippen molar-refractivity contribution >= 4 is 5.97 Å². The van der Waals surface area contributed by atoms with Crippen LogP contribution in [0, 0.1) is 0 Å². The highest BCUT2D eigenvalue weighted by Crippen LogP contribution is 2.33. The number of carbonyl (C=O) groups is 1. The zero-order chi connectivity index (χ0) is 13.8. The van der Waals surface area contributed by atoms with Crippen LogP contribution in [0.3, 0.4) is 0 Å². The molecule has 2 N–H and O–H groups in total. The maximum atomic E-state index is 11.1. The Kier molecular flexibility index (Phi) is 4.43. The molecule has 4 heteroatoms. The topological polar surface area (TPSA) is 58.6 Å². The van der Waals surface area contributed by atoms with Gasteiger partial charge in [-0.15, -0.1) is 0 Å². The van der Waals surface area contributed by atoms with Crippen LogP contribution in [0.4, 0.5) is 0 Å². The van der Waals surface area contributed by atoms with E-state index in [1.807, 2.05) is 32.2 Å². The average Bonchev–Trinajstić information content (AvgIpc) is 2.80. The fraction of sp³-hybridized carbons (Fsp3) is 0.533. The van der Waals surface area contributed by atoms with Gasteiger partial charge in [0.15, 0.2) is 6.10 Å². The summed E-state index contributed by atoms with van der Waals surface area (Å²) in [5.74, 6) is -0.230. The SMILES string of the molecule is CCCC(Oc1ccc2c(c1)CCC2NC)C(=O)O. The first-order valence-corrected chi connectivity index (χ1v) is 6.85. The lowest BCUT2D eigenvalue weighted by molar-refractivity contribution is -0.145. The molecule has 1 aliphatic rings. The van der Waals surface area contributed by atoms with Crippen LogP contribution in [-0.4, -0.2) is 24.2 Å². The number of rotatable bonds is 6. The third kappa shape index (κ3) is 3.07. The van der Waals surface area contributed by atoms with E-state index < -0.39 is 12.1 Å². The monoisotopic (exact) mass is 263 g/mol. The normalized spacial score (nSPS) is 18.9. The van der Waals surface area contributed by atoms with Gasteiger partial charge in [-0.05, 0) is 49.6 Å². The van der Waals surface area contributed by atoms with E-state index in [0.29, 0.717) is 18.2 Å². The molecule has 1 aliphatic carbocycles. The first-order valence-electron chi connectivity index (χ1n) is 6.85. The van der Waals surface area contributed by atoms with Crippen LogP contribution in [0.1, 0.15) is 43.4 Å². The smallest absolute Gasteiger partial charge is 0.344 e. The molecule has 4 nitrogen and oxygen atoms in total. The number of nitrogens with one attached hydrogen (secondary N) is 1. The lowest BCUT2D eigenvalue weighted by Crippen LogP contribution is -2.26. The van der Waals surface area contributed by atoms with Crippen LogP contribution in [-0.2, 0) is 11.2 Å². The Hall–Kier alpha value is -1.55. The summed E-state index contributed by atoms with van der Waals surface area (Å²) in [6.07, 6.45) is 2.69. The Balaban J connectivity index is 2.12. The molecule has 104 valence electrons. The summed E-state index contributed by atoms with van der Waals surface area (Å²) < 4.78 is 5.59. The van der Waals surface area contributed by atoms with E-state index in [1.54, 1.807) is 0 Å². The van der Waals surface area contributed by atoms with Gasteiger partial charge in [0.05, 0.1) is 0 Å². The van der Waals surface area contributed by atoms with Crippen molar-refractivity contribution in [3.63, 3.8) is 0 Å². The maximum absolute atomic E-state index is 11.1. The largest absolute Gasteiger partial charge is 0.479 e. The van der Waals surface area contributed by atoms with Crippen molar-refractivity contribution in [3.8, 4) is 5.75 Å². The van der Waals surface area contributed by atoms with Gasteiger partial charge in [0.1, 0.15) is 5.75 Å². The average molecular weight is 263 g/mol. The second-order valence-corrected chi connectivity index (χ2v) is 4.97. The van der Waals surface area contributed by atoms with Gasteiger partial charge in [-0.25, -0.2) is 4.79 Å². The Morgan fingerprint density at radius 3 is 3.00 bits per heavy atom. The molecule has 0 saturated heterocycles. The third-order valence-corrected chi connectivity index (χ3v) is 3.65. The number of aliphatic carboxylic acids is 1. The van der Waals surface area contributed by atoms with E-state index in [9.17, 15) is 4.79 Å². The number of hydrogen-bond acceptors (Lipinski definition) is 3. The summed E-state index contributed by atoms with van der Waals surface area (Å²) in [7, 11) is 1.96. The molecule has 0 spiro atoms. The molecule has 1 aromatic rings. The fourth-order valence-corrected chi connectivity index (χ4v) is 2.63. The van der Waals surface area contributed by atoms with Crippen molar-refractivity contribution in [1.29, 1.82) is 0 Å². The minimum absolute atomic E-state index is 0.412. The Morgan fingerprint density at radius 1 is 1.58 bits per heavy atom. The number of aryl methyl sites for hydroxylation is 1. The molecule has 0 aliphatic heterocycles. The maximum Gasteiger partial charge on any atom is 0.344 e. The number of hydrogen-bond donors (Lipinski definition) is 2. The lowest BCUT2D eigenvalue weighted by atomic mass is 10.1. The van der Waals surface area contributed by atoms with Crippen molar-refractivity contribution in [3.05, 3.63) is 29.3 Å². The number of carboxylic acid groups (broad SMARTS) is 1. The Labute approximate surface area is 113 Å². The van der Waals surface area contributed by atoms with Crippen LogP contribution in [0.5, 0.6) is 5.75 Å². The Morgan fingerprint density at radius 2 is 2.37 bits per heavy atom. The standard InChI is InChI=1S/C15H21NO3/c1-3-4-14(15(17)18)19-11-6-7-12-10(9-11)5-8-13(12)16-2/h6-7,9,13-14,16H,3-5,8H2,1-2H3,(H,17,18). The summed E-state index contributed by atoms with van der Waals surface area (Å²) >= 11 is 0. The first kappa shape index (κ1) is 13.9. The Bertz CT molecular complexity index is 459. The molecule has 1 aromatic carbocycles. The minimum atomic E-state index is -0.893. The summed E-state index contributed by atoms with van der Waals surface area (Å²) in [6.45, 7) is 1.96. The molecule has 0 aromatic heterocycles. The second-order valence-electron chi connectivity index (χ2n) is 4.97. The molecule has 2 rings (SSSR count). The van der Waals surface area contributed by atoms with Gasteiger partial charge in [-0.1, -0.05) is 19.4 Å². The van der Waals surface area contributed by atoms with Gasteiger partial charge in [-0.2, -0.15) is 0 Å². The molecule has 0 amide bonds. The highest BCUT2D eigenvalue weighted by Gasteiger charge is 2.23. The summed E-state index contributed by atoms with van der Waals surface area (Å²) in [5.41, 5.74) is 2.56. The molecule has 19 heavy (non-hydrogen) atoms. The summed E-state index contributed by atoms with van der Waals surface area (Å²) in [5, 5.41) is 12.4. The number of fused-ring (bicyclic) bond motifs is 1. The molecule has 0 radical (unpaired) electrons. The number of ether oxygens (including phenoxy) is 1. The van der Waals surface area contributed by atoms with Crippen molar-refractivity contribution in [1.82, 2.24) is 5.32 Å². The van der Waals surface area contributed by atoms with Crippen molar-refractivity contribution < 1.29 is 14.6 Å². The van der Waals surface area contributed by atoms with Crippen molar-refractivity contribution in [2.75, 3.05) is 7.05 Å². The molecule has 0 heterocycles. The quantitative estimate of drug-likeness (QED) is 0.828. The lowest BCUT2D eigenvalue weighted by Gasteiger charge is -2.16. The van der Waals surface area contributed by atoms with Crippen molar-refractivity contribution in [2.24, 2.45) is 0 Å². The first-order chi connectivity index (χ1) is 9.15. The zero-order valence-electron chi connectivity index (χ0n) is 11.5. The minimum Gasteiger partial charge on any atom is -0.479 e. The molecule has 0 fully saturated rings. The van der Waals surface area contributed by atoms with Crippen LogP contribution in [0.25, 0.3) is 0 Å². The van der Waals surface area contributed by atoms with E-state index in [2.05, 4.69) is 5.32 Å². The van der Waals surface area contributed by atoms with Gasteiger partial charge in [-0.3, -0.25) is 0 Å². The highest BCUT2D eigenvalue weighted by molar-refractivity contribution is 5.72. The van der Waals surface area contributed by atoms with Gasteiger partial charge < -0.3 is 15.2 Å². The van der Waals surface area contributed by atoms with E-state index in [0.717, 1.165) is 19.3 Å². The molecule has 2 atom stereocenters. The van der Waals surface area contributed by atoms with Crippen molar-refractivity contribution in [2.45, 2.75) is 44.8 Å². The predicted molar refractivity (Wildman–Crippen MR) is 73.5 cm³/mol. The third-order valence-electron chi connectivity index (χ3n) is 3.65. The van der Waals surface area contributed by atoms with Crippen LogP contribution < -0.4 is 10.1 Å². The number of carboxylic acids is 1. The van der Waals surface area contributed by atoms with Crippen LogP contribution in [0.15, 0.2) is 18.2 Å². The van der Waals surface area contributed by atoms with Gasteiger partial charge in [0.25, 0.3) is 0 Å². The number of benzene rings is 1. The van der Waals surface area contributed by atoms with E-state index in [1.165, 1.54) is 11.1 Å². The van der Waals surface area contributed by atoms with E-state index in [4.69, 9.17) is 9.84 Å². The van der Waals surface area contributed by atoms with Gasteiger partial charge in [0.2, 0.25) is 0 Å². The fourth-order valence-electron chi connectivity index (χ4n) is 2.63. The molecule has 0 bridgehead atoms. The van der Waals surface area contributed by atoms with E-state index in [-0.39, 0.29) is 0 Å². The summed E-state index contributed by atoms with van der Waals surface area (Å²) in [4.78, 5) is 11.1. The molecular formula is C15H21NO3. The van der Waals surface area contributed by atoms with Crippen LogP contribution >= 0.6 is 0 Å². The highest BCUT2D eigenvalue weighted by atomic mass is 16.5. The van der Waals surface area contributed by atoms with Gasteiger partial charge in [0, 0.05) is 6.04 Å². The van der Waals surface area contributed by atoms with Gasteiger partial charge >= 0.3 is 5.97 Å². The van der Waals surface area contributed by atoms with Crippen LogP contribution in [0.2, 0.25) is 0 Å². The van der Waals surface area contributed by atoms with E-state index >= 15 is 0 Å².